The molecule has 0 aliphatic carbocycles. The fourth-order valence-electron chi connectivity index (χ4n) is 3.22. The fraction of sp³-hybridized carbons (Fsp3) is 0.100. The van der Waals surface area contributed by atoms with Crippen LogP contribution in [-0.2, 0) is 6.54 Å². The average Bonchev–Trinajstić information content (AvgIpc) is 3.42. The Hall–Kier alpha value is -3.45. The highest BCUT2D eigenvalue weighted by molar-refractivity contribution is 6.30. The van der Waals surface area contributed by atoms with E-state index in [-0.39, 0.29) is 0 Å². The molecule has 0 saturated carbocycles. The number of imidazole rings is 2. The predicted molar refractivity (Wildman–Crippen MR) is 105 cm³/mol. The number of pyridine rings is 1. The molecule has 1 aromatic carbocycles. The molecule has 0 atom stereocenters. The van der Waals surface area contributed by atoms with Crippen LogP contribution in [0.15, 0.2) is 65.6 Å². The molecule has 0 aliphatic rings. The van der Waals surface area contributed by atoms with Crippen molar-refractivity contribution in [3.8, 4) is 23.0 Å². The van der Waals surface area contributed by atoms with Gasteiger partial charge in [0.05, 0.1) is 17.9 Å². The smallest absolute Gasteiger partial charge is 0.293 e. The summed E-state index contributed by atoms with van der Waals surface area (Å²) >= 11 is 6.06. The lowest BCUT2D eigenvalue weighted by molar-refractivity contribution is 0.421. The second-order valence-corrected chi connectivity index (χ2v) is 6.80. The number of hydrogen-bond donors (Lipinski definition) is 0. The molecule has 5 rings (SSSR count). The van der Waals surface area contributed by atoms with Crippen LogP contribution in [0.1, 0.15) is 11.5 Å². The van der Waals surface area contributed by atoms with Crippen LogP contribution in [0, 0.1) is 6.92 Å². The van der Waals surface area contributed by atoms with Gasteiger partial charge in [-0.15, -0.1) is 0 Å². The van der Waals surface area contributed by atoms with Crippen molar-refractivity contribution in [2.24, 2.45) is 0 Å². The number of benzene rings is 1. The molecule has 28 heavy (non-hydrogen) atoms. The van der Waals surface area contributed by atoms with Gasteiger partial charge in [-0.05, 0) is 31.2 Å². The van der Waals surface area contributed by atoms with Crippen LogP contribution in [0.4, 0.5) is 0 Å². The Labute approximate surface area is 165 Å². The normalized spacial score (nSPS) is 11.4. The number of nitrogens with zero attached hydrogens (tertiary/aromatic N) is 6. The van der Waals surface area contributed by atoms with Crippen molar-refractivity contribution >= 4 is 17.2 Å². The van der Waals surface area contributed by atoms with Gasteiger partial charge >= 0.3 is 0 Å². The average molecular weight is 391 g/mol. The van der Waals surface area contributed by atoms with Crippen molar-refractivity contribution < 1.29 is 4.52 Å². The molecular weight excluding hydrogens is 376 g/mol. The Balaban J connectivity index is 1.64. The summed E-state index contributed by atoms with van der Waals surface area (Å²) in [6.45, 7) is 2.32. The molecule has 0 radical (unpaired) electrons. The lowest BCUT2D eigenvalue weighted by Gasteiger charge is -2.08. The highest BCUT2D eigenvalue weighted by atomic mass is 35.5. The summed E-state index contributed by atoms with van der Waals surface area (Å²) in [5, 5.41) is 4.56. The van der Waals surface area contributed by atoms with Crippen LogP contribution in [0.2, 0.25) is 5.02 Å². The molecule has 0 unspecified atom stereocenters. The molecule has 0 amide bonds. The maximum atomic E-state index is 6.06. The van der Waals surface area contributed by atoms with Crippen LogP contribution >= 0.6 is 11.6 Å². The monoisotopic (exact) mass is 390 g/mol. The van der Waals surface area contributed by atoms with Crippen LogP contribution in [0.5, 0.6) is 0 Å². The maximum absolute atomic E-state index is 6.06. The minimum atomic E-state index is 0.393. The van der Waals surface area contributed by atoms with Gasteiger partial charge in [-0.25, -0.2) is 9.97 Å². The Kier molecular flexibility index (Phi) is 3.95. The van der Waals surface area contributed by atoms with Gasteiger partial charge in [0, 0.05) is 29.2 Å². The second kappa shape index (κ2) is 6.61. The Morgan fingerprint density at radius 1 is 1.04 bits per heavy atom. The fourth-order valence-corrected chi connectivity index (χ4v) is 3.35. The number of aromatic nitrogens is 6. The van der Waals surface area contributed by atoms with Crippen LogP contribution in [0.25, 0.3) is 28.6 Å². The first kappa shape index (κ1) is 16.7. The predicted octanol–water partition coefficient (Wildman–Crippen LogP) is 4.26. The summed E-state index contributed by atoms with van der Waals surface area (Å²) in [5.41, 5.74) is 3.79. The van der Waals surface area contributed by atoms with E-state index >= 15 is 0 Å². The Bertz CT molecular complexity index is 1270. The largest absolute Gasteiger partial charge is 0.331 e. The molecule has 0 fully saturated rings. The van der Waals surface area contributed by atoms with Crippen molar-refractivity contribution in [2.45, 2.75) is 13.5 Å². The van der Waals surface area contributed by atoms with E-state index in [1.807, 2.05) is 59.4 Å². The third kappa shape index (κ3) is 2.86. The zero-order valence-electron chi connectivity index (χ0n) is 15.0. The van der Waals surface area contributed by atoms with Gasteiger partial charge in [-0.3, -0.25) is 0 Å². The first-order valence-electron chi connectivity index (χ1n) is 8.73. The number of aryl methyl sites for hydroxylation is 1. The SMILES string of the molecule is Cc1noc(-c2nccn2Cc2c(-c3ccc(Cl)cc3)nc3ccccn23)n1. The van der Waals surface area contributed by atoms with Gasteiger partial charge in [0.25, 0.3) is 5.89 Å². The van der Waals surface area contributed by atoms with Gasteiger partial charge in [0.1, 0.15) is 5.65 Å². The third-order valence-electron chi connectivity index (χ3n) is 4.50. The lowest BCUT2D eigenvalue weighted by Crippen LogP contribution is -2.05. The van der Waals surface area contributed by atoms with Crippen molar-refractivity contribution in [1.82, 2.24) is 29.1 Å². The summed E-state index contributed by atoms with van der Waals surface area (Å²) in [4.78, 5) is 13.5. The van der Waals surface area contributed by atoms with Crippen molar-refractivity contribution in [2.75, 3.05) is 0 Å². The molecule has 0 bridgehead atoms. The van der Waals surface area contributed by atoms with Crippen molar-refractivity contribution in [3.63, 3.8) is 0 Å². The molecule has 5 aromatic rings. The first-order chi connectivity index (χ1) is 13.7. The highest BCUT2D eigenvalue weighted by Crippen LogP contribution is 2.27. The molecule has 8 heteroatoms. The molecule has 138 valence electrons. The molecule has 4 heterocycles. The van der Waals surface area contributed by atoms with Gasteiger partial charge in [-0.1, -0.05) is 35.0 Å². The minimum Gasteiger partial charge on any atom is -0.331 e. The highest BCUT2D eigenvalue weighted by Gasteiger charge is 2.18. The van der Waals surface area contributed by atoms with E-state index in [4.69, 9.17) is 21.1 Å². The first-order valence-corrected chi connectivity index (χ1v) is 9.10. The maximum Gasteiger partial charge on any atom is 0.293 e. The van der Waals surface area contributed by atoms with Crippen LogP contribution < -0.4 is 0 Å². The number of hydrogen-bond acceptors (Lipinski definition) is 5. The second-order valence-electron chi connectivity index (χ2n) is 6.37. The van der Waals surface area contributed by atoms with Gasteiger partial charge in [0.2, 0.25) is 0 Å². The minimum absolute atomic E-state index is 0.393. The molecule has 7 nitrogen and oxygen atoms in total. The summed E-state index contributed by atoms with van der Waals surface area (Å²) < 4.78 is 9.35. The standard InChI is InChI=1S/C20H15ClN6O/c1-13-23-20(28-25-13)19-22-9-11-26(19)12-16-18(14-5-7-15(21)8-6-14)24-17-4-2-3-10-27(16)17/h2-11H,12H2,1H3. The zero-order valence-corrected chi connectivity index (χ0v) is 15.7. The third-order valence-corrected chi connectivity index (χ3v) is 4.75. The van der Waals surface area contributed by atoms with Gasteiger partial charge < -0.3 is 13.5 Å². The topological polar surface area (TPSA) is 74.0 Å². The molecule has 0 aliphatic heterocycles. The Morgan fingerprint density at radius 2 is 1.89 bits per heavy atom. The quantitative estimate of drug-likeness (QED) is 0.458. The van der Waals surface area contributed by atoms with E-state index in [1.54, 1.807) is 13.1 Å². The van der Waals surface area contributed by atoms with E-state index < -0.39 is 0 Å². The van der Waals surface area contributed by atoms with E-state index in [1.165, 1.54) is 0 Å². The van der Waals surface area contributed by atoms with Crippen LogP contribution in [0.3, 0.4) is 0 Å². The zero-order chi connectivity index (χ0) is 19.1. The molecule has 0 saturated heterocycles. The number of fused-ring (bicyclic) bond motifs is 1. The van der Waals surface area contributed by atoms with Crippen molar-refractivity contribution in [3.05, 3.63) is 77.6 Å². The van der Waals surface area contributed by atoms with Gasteiger partial charge in [0.15, 0.2) is 11.6 Å². The van der Waals surface area contributed by atoms with Crippen molar-refractivity contribution in [1.29, 1.82) is 0 Å². The number of halogens is 1. The lowest BCUT2D eigenvalue weighted by atomic mass is 10.1. The van der Waals surface area contributed by atoms with E-state index in [0.29, 0.717) is 29.1 Å². The summed E-state index contributed by atoms with van der Waals surface area (Å²) in [6.07, 6.45) is 5.62. The van der Waals surface area contributed by atoms with Crippen LogP contribution in [-0.4, -0.2) is 29.1 Å². The van der Waals surface area contributed by atoms with E-state index in [9.17, 15) is 0 Å². The summed E-state index contributed by atoms with van der Waals surface area (Å²) in [6, 6.07) is 13.6. The molecule has 0 N–H and O–H groups in total. The van der Waals surface area contributed by atoms with Gasteiger partial charge in [-0.2, -0.15) is 4.98 Å². The summed E-state index contributed by atoms with van der Waals surface area (Å²) in [7, 11) is 0. The molecule has 4 aromatic heterocycles. The summed E-state index contributed by atoms with van der Waals surface area (Å²) in [5.74, 6) is 1.58. The van der Waals surface area contributed by atoms with E-state index in [2.05, 4.69) is 19.5 Å². The Morgan fingerprint density at radius 3 is 2.68 bits per heavy atom. The molecule has 0 spiro atoms. The number of rotatable bonds is 4. The van der Waals surface area contributed by atoms with E-state index in [0.717, 1.165) is 22.6 Å². The molecular formula is C20H15ClN6O.